The van der Waals surface area contributed by atoms with E-state index in [1.807, 2.05) is 0 Å². The molecule has 0 aliphatic carbocycles. The fraction of sp³-hybridized carbons (Fsp3) is 0.529. The van der Waals surface area contributed by atoms with Crippen LogP contribution in [0.4, 0.5) is 8.78 Å². The van der Waals surface area contributed by atoms with Gasteiger partial charge in [0, 0.05) is 30.7 Å². The van der Waals surface area contributed by atoms with E-state index in [1.54, 1.807) is 12.3 Å². The second kappa shape index (κ2) is 6.56. The van der Waals surface area contributed by atoms with Crippen molar-refractivity contribution in [1.82, 2.24) is 9.88 Å². The lowest BCUT2D eigenvalue weighted by Crippen LogP contribution is -2.35. The molecule has 0 atom stereocenters. The van der Waals surface area contributed by atoms with Gasteiger partial charge >= 0.3 is 0 Å². The van der Waals surface area contributed by atoms with Gasteiger partial charge in [0.05, 0.1) is 5.52 Å². The van der Waals surface area contributed by atoms with Gasteiger partial charge in [0.15, 0.2) is 11.6 Å². The molecule has 4 heteroatoms. The fourth-order valence-electron chi connectivity index (χ4n) is 2.70. The molecule has 0 fully saturated rings. The van der Waals surface area contributed by atoms with E-state index >= 15 is 0 Å². The Labute approximate surface area is 125 Å². The first-order valence-corrected chi connectivity index (χ1v) is 7.58. The average Bonchev–Trinajstić information content (AvgIpc) is 2.82. The van der Waals surface area contributed by atoms with E-state index < -0.39 is 11.6 Å². The highest BCUT2D eigenvalue weighted by molar-refractivity contribution is 5.83. The topological polar surface area (TPSA) is 19.0 Å². The van der Waals surface area contributed by atoms with Crippen LogP contribution >= 0.6 is 0 Å². The molecular formula is C17H24F2N2. The summed E-state index contributed by atoms with van der Waals surface area (Å²) >= 11 is 0. The Morgan fingerprint density at radius 3 is 2.48 bits per heavy atom. The van der Waals surface area contributed by atoms with Crippen molar-refractivity contribution < 1.29 is 8.78 Å². The molecule has 21 heavy (non-hydrogen) atoms. The normalized spacial score (nSPS) is 12.2. The summed E-state index contributed by atoms with van der Waals surface area (Å²) in [6, 6.07) is 3.33. The van der Waals surface area contributed by atoms with Crippen LogP contribution in [0.5, 0.6) is 0 Å². The van der Waals surface area contributed by atoms with E-state index in [2.05, 4.69) is 37.6 Å². The Kier molecular flexibility index (Phi) is 4.99. The van der Waals surface area contributed by atoms with Gasteiger partial charge in [0.1, 0.15) is 0 Å². The van der Waals surface area contributed by atoms with E-state index in [0.717, 1.165) is 30.5 Å². The van der Waals surface area contributed by atoms with Gasteiger partial charge in [-0.15, -0.1) is 0 Å². The van der Waals surface area contributed by atoms with E-state index in [4.69, 9.17) is 0 Å². The van der Waals surface area contributed by atoms with Crippen LogP contribution in [-0.2, 0) is 6.42 Å². The van der Waals surface area contributed by atoms with Crippen LogP contribution in [-0.4, -0.2) is 29.0 Å². The maximum Gasteiger partial charge on any atom is 0.182 e. The Bertz CT molecular complexity index is 602. The van der Waals surface area contributed by atoms with E-state index in [0.29, 0.717) is 12.0 Å². The molecule has 1 heterocycles. The lowest BCUT2D eigenvalue weighted by atomic mass is 10.1. The molecule has 0 spiro atoms. The van der Waals surface area contributed by atoms with Crippen molar-refractivity contribution in [1.29, 1.82) is 0 Å². The van der Waals surface area contributed by atoms with Gasteiger partial charge in [0.2, 0.25) is 0 Å². The third-order valence-electron chi connectivity index (χ3n) is 3.83. The van der Waals surface area contributed by atoms with Crippen molar-refractivity contribution in [2.24, 2.45) is 5.92 Å². The summed E-state index contributed by atoms with van der Waals surface area (Å²) in [5.41, 5.74) is 1.31. The number of fused-ring (bicyclic) bond motifs is 1. The van der Waals surface area contributed by atoms with Crippen LogP contribution in [0.25, 0.3) is 10.9 Å². The highest BCUT2D eigenvalue weighted by Crippen LogP contribution is 2.23. The van der Waals surface area contributed by atoms with Gasteiger partial charge in [-0.25, -0.2) is 8.78 Å². The highest BCUT2D eigenvalue weighted by Gasteiger charge is 2.15. The molecule has 0 amide bonds. The standard InChI is InChI=1S/C17H24F2N2/c1-11(2)10-21(12(3)4)8-7-13-9-20-17-14(13)5-6-15(18)16(17)19/h5-6,9,11-12,20H,7-8,10H2,1-4H3. The minimum absolute atomic E-state index is 0.268. The summed E-state index contributed by atoms with van der Waals surface area (Å²) in [4.78, 5) is 5.28. The van der Waals surface area contributed by atoms with Gasteiger partial charge in [0.25, 0.3) is 0 Å². The quantitative estimate of drug-likeness (QED) is 0.839. The van der Waals surface area contributed by atoms with Crippen LogP contribution in [0.2, 0.25) is 0 Å². The van der Waals surface area contributed by atoms with Crippen molar-refractivity contribution in [3.05, 3.63) is 35.5 Å². The fourth-order valence-corrected chi connectivity index (χ4v) is 2.70. The summed E-state index contributed by atoms with van der Waals surface area (Å²) in [5, 5.41) is 0.780. The van der Waals surface area contributed by atoms with Crippen molar-refractivity contribution in [2.45, 2.75) is 40.2 Å². The molecule has 0 aliphatic heterocycles. The Morgan fingerprint density at radius 1 is 1.14 bits per heavy atom. The monoisotopic (exact) mass is 294 g/mol. The number of benzene rings is 1. The molecule has 0 unspecified atom stereocenters. The molecular weight excluding hydrogens is 270 g/mol. The molecule has 0 bridgehead atoms. The lowest BCUT2D eigenvalue weighted by molar-refractivity contribution is 0.200. The van der Waals surface area contributed by atoms with Gasteiger partial charge in [-0.1, -0.05) is 13.8 Å². The largest absolute Gasteiger partial charge is 0.358 e. The van der Waals surface area contributed by atoms with Gasteiger partial charge in [-0.05, 0) is 43.9 Å². The summed E-state index contributed by atoms with van der Waals surface area (Å²) in [5.74, 6) is -0.983. The molecule has 0 saturated carbocycles. The highest BCUT2D eigenvalue weighted by atomic mass is 19.2. The summed E-state index contributed by atoms with van der Waals surface area (Å²) in [6.07, 6.45) is 2.62. The summed E-state index contributed by atoms with van der Waals surface area (Å²) < 4.78 is 26.9. The molecule has 116 valence electrons. The number of rotatable bonds is 6. The minimum Gasteiger partial charge on any atom is -0.358 e. The smallest absolute Gasteiger partial charge is 0.182 e. The average molecular weight is 294 g/mol. The molecule has 2 rings (SSSR count). The van der Waals surface area contributed by atoms with E-state index in [1.165, 1.54) is 6.07 Å². The zero-order valence-corrected chi connectivity index (χ0v) is 13.2. The number of aromatic nitrogens is 1. The molecule has 1 aromatic carbocycles. The molecule has 1 N–H and O–H groups in total. The van der Waals surface area contributed by atoms with Crippen molar-refractivity contribution >= 4 is 10.9 Å². The molecule has 0 aliphatic rings. The number of H-pyrrole nitrogens is 1. The minimum atomic E-state index is -0.806. The molecule has 0 saturated heterocycles. The zero-order chi connectivity index (χ0) is 15.6. The van der Waals surface area contributed by atoms with E-state index in [9.17, 15) is 8.78 Å². The maximum atomic E-state index is 13.7. The van der Waals surface area contributed by atoms with Crippen LogP contribution in [0.1, 0.15) is 33.3 Å². The van der Waals surface area contributed by atoms with Crippen LogP contribution in [0.15, 0.2) is 18.3 Å². The molecule has 0 radical (unpaired) electrons. The van der Waals surface area contributed by atoms with Crippen LogP contribution in [0.3, 0.4) is 0 Å². The second-order valence-corrected chi connectivity index (χ2v) is 6.33. The number of hydrogen-bond donors (Lipinski definition) is 1. The van der Waals surface area contributed by atoms with Crippen molar-refractivity contribution in [3.8, 4) is 0 Å². The predicted octanol–water partition coefficient (Wildman–Crippen LogP) is 4.36. The molecule has 1 aromatic heterocycles. The predicted molar refractivity (Wildman–Crippen MR) is 83.5 cm³/mol. The number of halogens is 2. The van der Waals surface area contributed by atoms with Gasteiger partial charge in [-0.2, -0.15) is 0 Å². The van der Waals surface area contributed by atoms with E-state index in [-0.39, 0.29) is 5.52 Å². The lowest BCUT2D eigenvalue weighted by Gasteiger charge is -2.28. The van der Waals surface area contributed by atoms with Gasteiger partial charge in [-0.3, -0.25) is 0 Å². The Morgan fingerprint density at radius 2 is 1.86 bits per heavy atom. The van der Waals surface area contributed by atoms with Crippen molar-refractivity contribution in [2.75, 3.05) is 13.1 Å². The van der Waals surface area contributed by atoms with Crippen molar-refractivity contribution in [3.63, 3.8) is 0 Å². The van der Waals surface area contributed by atoms with Crippen LogP contribution < -0.4 is 0 Å². The number of aromatic amines is 1. The van der Waals surface area contributed by atoms with Crippen LogP contribution in [0, 0.1) is 17.6 Å². The third kappa shape index (κ3) is 3.62. The van der Waals surface area contributed by atoms with Gasteiger partial charge < -0.3 is 9.88 Å². The summed E-state index contributed by atoms with van der Waals surface area (Å²) in [6.45, 7) is 10.8. The summed E-state index contributed by atoms with van der Waals surface area (Å²) in [7, 11) is 0. The molecule has 2 nitrogen and oxygen atoms in total. The first-order chi connectivity index (χ1) is 9.90. The Balaban J connectivity index is 2.15. The first-order valence-electron chi connectivity index (χ1n) is 7.58. The number of hydrogen-bond acceptors (Lipinski definition) is 1. The second-order valence-electron chi connectivity index (χ2n) is 6.33. The SMILES string of the molecule is CC(C)CN(CCc1c[nH]c2c(F)c(F)ccc12)C(C)C. The third-order valence-corrected chi connectivity index (χ3v) is 3.83. The number of nitrogens with zero attached hydrogens (tertiary/aromatic N) is 1. The first kappa shape index (κ1) is 16.0. The zero-order valence-electron chi connectivity index (χ0n) is 13.2. The number of nitrogens with one attached hydrogen (secondary N) is 1. The Hall–Kier alpha value is -1.42. The maximum absolute atomic E-state index is 13.7. The molecule has 2 aromatic rings.